The fraction of sp³-hybridized carbons (Fsp3) is 0.800. The summed E-state index contributed by atoms with van der Waals surface area (Å²) >= 11 is 0. The normalized spacial score (nSPS) is 23.9. The second-order valence-electron chi connectivity index (χ2n) is 6.79. The number of amides is 3. The zero-order valence-corrected chi connectivity index (χ0v) is 13.6. The van der Waals surface area contributed by atoms with Crippen molar-refractivity contribution in [2.24, 2.45) is 0 Å². The zero-order chi connectivity index (χ0) is 16.3. The Morgan fingerprint density at radius 1 is 1.23 bits per heavy atom. The van der Waals surface area contributed by atoms with Gasteiger partial charge in [-0.3, -0.25) is 14.5 Å². The smallest absolute Gasteiger partial charge is 0.410 e. The van der Waals surface area contributed by atoms with Crippen LogP contribution in [0.15, 0.2) is 0 Å². The van der Waals surface area contributed by atoms with Gasteiger partial charge in [-0.25, -0.2) is 4.79 Å². The maximum absolute atomic E-state index is 12.3. The van der Waals surface area contributed by atoms with Crippen molar-refractivity contribution < 1.29 is 19.1 Å². The third-order valence-corrected chi connectivity index (χ3v) is 3.79. The third-order valence-electron chi connectivity index (χ3n) is 3.79. The summed E-state index contributed by atoms with van der Waals surface area (Å²) in [6.07, 6.45) is 2.06. The molecule has 1 unspecified atom stereocenters. The summed E-state index contributed by atoms with van der Waals surface area (Å²) in [5.41, 5.74) is -0.585. The lowest BCUT2D eigenvalue weighted by Gasteiger charge is -2.38. The summed E-state index contributed by atoms with van der Waals surface area (Å²) in [5, 5.41) is 2.84. The summed E-state index contributed by atoms with van der Waals surface area (Å²) in [5.74, 6) is -0.282. The molecule has 7 nitrogen and oxygen atoms in total. The van der Waals surface area contributed by atoms with Crippen molar-refractivity contribution in [1.29, 1.82) is 0 Å². The number of carbonyl (C=O) groups is 3. The summed E-state index contributed by atoms with van der Waals surface area (Å²) in [6.45, 7) is 6.77. The van der Waals surface area contributed by atoms with Gasteiger partial charge in [0.25, 0.3) is 0 Å². The lowest BCUT2D eigenvalue weighted by atomic mass is 10.1. The van der Waals surface area contributed by atoms with Gasteiger partial charge in [0, 0.05) is 19.6 Å². The number of nitrogens with zero attached hydrogens (tertiary/aromatic N) is 2. The average Bonchev–Trinajstić information content (AvgIpc) is 2.61. The fourth-order valence-electron chi connectivity index (χ4n) is 2.72. The molecular formula is C15H25N3O4. The molecule has 7 heteroatoms. The highest BCUT2D eigenvalue weighted by Crippen LogP contribution is 2.17. The quantitative estimate of drug-likeness (QED) is 0.774. The van der Waals surface area contributed by atoms with Crippen LogP contribution in [0.25, 0.3) is 0 Å². The van der Waals surface area contributed by atoms with E-state index in [2.05, 4.69) is 5.32 Å². The molecule has 0 aromatic carbocycles. The Morgan fingerprint density at radius 2 is 1.95 bits per heavy atom. The maximum Gasteiger partial charge on any atom is 0.410 e. The highest BCUT2D eigenvalue weighted by Gasteiger charge is 2.36. The summed E-state index contributed by atoms with van der Waals surface area (Å²) < 4.78 is 5.28. The van der Waals surface area contributed by atoms with Crippen molar-refractivity contribution in [3.63, 3.8) is 0 Å². The molecule has 22 heavy (non-hydrogen) atoms. The van der Waals surface area contributed by atoms with Crippen LogP contribution in [-0.4, -0.2) is 65.5 Å². The predicted molar refractivity (Wildman–Crippen MR) is 80.2 cm³/mol. The number of carbonyl (C=O) groups excluding carboxylic acids is 3. The largest absolute Gasteiger partial charge is 0.444 e. The Balaban J connectivity index is 1.96. The second kappa shape index (κ2) is 6.54. The van der Waals surface area contributed by atoms with Crippen LogP contribution in [0.2, 0.25) is 0 Å². The monoisotopic (exact) mass is 311 g/mol. The molecule has 124 valence electrons. The van der Waals surface area contributed by atoms with Gasteiger partial charge in [0.1, 0.15) is 18.2 Å². The molecule has 1 atom stereocenters. The zero-order valence-electron chi connectivity index (χ0n) is 13.6. The molecule has 2 aliphatic heterocycles. The van der Waals surface area contributed by atoms with Gasteiger partial charge in [0.05, 0.1) is 0 Å². The van der Waals surface area contributed by atoms with Gasteiger partial charge in [0.15, 0.2) is 0 Å². The first-order chi connectivity index (χ1) is 10.3. The Kier molecular flexibility index (Phi) is 4.93. The summed E-state index contributed by atoms with van der Waals surface area (Å²) in [4.78, 5) is 39.4. The number of hydrogen-bond donors (Lipinski definition) is 1. The highest BCUT2D eigenvalue weighted by molar-refractivity contribution is 5.90. The Hall–Kier alpha value is -1.79. The van der Waals surface area contributed by atoms with Crippen LogP contribution < -0.4 is 5.32 Å². The first-order valence-corrected chi connectivity index (χ1v) is 7.83. The molecule has 0 spiro atoms. The van der Waals surface area contributed by atoms with E-state index in [9.17, 15) is 14.4 Å². The minimum atomic E-state index is -0.585. The lowest BCUT2D eigenvalue weighted by Crippen LogP contribution is -2.58. The van der Waals surface area contributed by atoms with E-state index in [0.29, 0.717) is 26.1 Å². The molecule has 0 radical (unpaired) electrons. The first kappa shape index (κ1) is 16.6. The van der Waals surface area contributed by atoms with Gasteiger partial charge in [-0.15, -0.1) is 0 Å². The molecule has 2 fully saturated rings. The standard InChI is InChI=1S/C15H25N3O4/c1-15(2,3)22-14(21)17-8-9-18(12(19)10-17)11-6-4-5-7-16-13(11)20/h11H,4-10H2,1-3H3,(H,16,20). The van der Waals surface area contributed by atoms with E-state index in [1.807, 2.05) is 0 Å². The molecule has 2 heterocycles. The van der Waals surface area contributed by atoms with Gasteiger partial charge >= 0.3 is 6.09 Å². The van der Waals surface area contributed by atoms with Gasteiger partial charge in [-0.2, -0.15) is 0 Å². The molecule has 0 saturated carbocycles. The molecule has 0 aromatic heterocycles. The van der Waals surface area contributed by atoms with Crippen LogP contribution >= 0.6 is 0 Å². The first-order valence-electron chi connectivity index (χ1n) is 7.83. The second-order valence-corrected chi connectivity index (χ2v) is 6.79. The van der Waals surface area contributed by atoms with Gasteiger partial charge in [0.2, 0.25) is 11.8 Å². The lowest BCUT2D eigenvalue weighted by molar-refractivity contribution is -0.144. The molecular weight excluding hydrogens is 286 g/mol. The summed E-state index contributed by atoms with van der Waals surface area (Å²) in [7, 11) is 0. The van der Waals surface area contributed by atoms with E-state index in [-0.39, 0.29) is 18.4 Å². The Labute approximate surface area is 131 Å². The minimum Gasteiger partial charge on any atom is -0.444 e. The topological polar surface area (TPSA) is 79.0 Å². The van der Waals surface area contributed by atoms with E-state index in [1.54, 1.807) is 25.7 Å². The average molecular weight is 311 g/mol. The van der Waals surface area contributed by atoms with Crippen LogP contribution in [0, 0.1) is 0 Å². The number of hydrogen-bond acceptors (Lipinski definition) is 4. The van der Waals surface area contributed by atoms with E-state index in [1.165, 1.54) is 4.90 Å². The number of nitrogens with one attached hydrogen (secondary N) is 1. The fourth-order valence-corrected chi connectivity index (χ4v) is 2.72. The van der Waals surface area contributed by atoms with Crippen molar-refractivity contribution in [2.45, 2.75) is 51.7 Å². The van der Waals surface area contributed by atoms with Gasteiger partial charge < -0.3 is 15.0 Å². The molecule has 2 rings (SSSR count). The van der Waals surface area contributed by atoms with Gasteiger partial charge in [-0.1, -0.05) is 0 Å². The Bertz CT molecular complexity index is 458. The maximum atomic E-state index is 12.3. The third kappa shape index (κ3) is 4.11. The van der Waals surface area contributed by atoms with E-state index in [4.69, 9.17) is 4.74 Å². The van der Waals surface area contributed by atoms with E-state index in [0.717, 1.165) is 12.8 Å². The molecule has 0 aromatic rings. The van der Waals surface area contributed by atoms with Crippen LogP contribution in [0.5, 0.6) is 0 Å². The van der Waals surface area contributed by atoms with Crippen LogP contribution in [0.3, 0.4) is 0 Å². The molecule has 3 amide bonds. The number of ether oxygens (including phenoxy) is 1. The molecule has 0 aliphatic carbocycles. The van der Waals surface area contributed by atoms with Crippen molar-refractivity contribution in [3.05, 3.63) is 0 Å². The molecule has 0 bridgehead atoms. The van der Waals surface area contributed by atoms with Gasteiger partial charge in [-0.05, 0) is 40.0 Å². The van der Waals surface area contributed by atoms with E-state index >= 15 is 0 Å². The highest BCUT2D eigenvalue weighted by atomic mass is 16.6. The van der Waals surface area contributed by atoms with Crippen LogP contribution in [0.4, 0.5) is 4.79 Å². The minimum absolute atomic E-state index is 0.0291. The summed E-state index contributed by atoms with van der Waals surface area (Å²) in [6, 6.07) is -0.407. The van der Waals surface area contributed by atoms with Crippen molar-refractivity contribution in [1.82, 2.24) is 15.1 Å². The van der Waals surface area contributed by atoms with Crippen molar-refractivity contribution >= 4 is 17.9 Å². The number of rotatable bonds is 1. The molecule has 2 saturated heterocycles. The van der Waals surface area contributed by atoms with E-state index < -0.39 is 17.7 Å². The predicted octanol–water partition coefficient (Wildman–Crippen LogP) is 0.734. The number of piperazine rings is 1. The van der Waals surface area contributed by atoms with Crippen molar-refractivity contribution in [2.75, 3.05) is 26.2 Å². The van der Waals surface area contributed by atoms with Crippen molar-refractivity contribution in [3.8, 4) is 0 Å². The van der Waals surface area contributed by atoms with Crippen LogP contribution in [0.1, 0.15) is 40.0 Å². The Morgan fingerprint density at radius 3 is 2.59 bits per heavy atom. The van der Waals surface area contributed by atoms with Crippen LogP contribution in [-0.2, 0) is 14.3 Å². The molecule has 1 N–H and O–H groups in total. The SMILES string of the molecule is CC(C)(C)OC(=O)N1CCN(C2CCCCNC2=O)C(=O)C1. The molecule has 2 aliphatic rings.